The first-order valence-corrected chi connectivity index (χ1v) is 19.9. The number of aromatic nitrogens is 4. The number of nitrogens with zero attached hydrogens (tertiary/aromatic N) is 5. The third-order valence-electron chi connectivity index (χ3n) is 11.1. The molecule has 8 rings (SSSR count). The minimum atomic E-state index is -4.40. The third kappa shape index (κ3) is 8.36. The highest BCUT2D eigenvalue weighted by molar-refractivity contribution is 7.98. The molecule has 2 aromatic heterocycles. The number of halogens is 5. The average Bonchev–Trinajstić information content (AvgIpc) is 3.96. The monoisotopic (exact) mass is 782 g/mol. The number of likely N-dealkylation sites (tertiary alicyclic amines) is 1. The molecule has 1 saturated heterocycles. The van der Waals surface area contributed by atoms with Crippen LogP contribution in [0.3, 0.4) is 0 Å². The first-order valence-electron chi connectivity index (χ1n) is 18.9. The van der Waals surface area contributed by atoms with Crippen molar-refractivity contribution in [2.24, 2.45) is 0 Å². The average molecular weight is 783 g/mol. The summed E-state index contributed by atoms with van der Waals surface area (Å²) in [5.41, 5.74) is 6.40. The Kier molecular flexibility index (Phi) is 10.7. The largest absolute Gasteiger partial charge is 0.416 e. The molecule has 0 radical (unpaired) electrons. The number of hydrogen-bond acceptors (Lipinski definition) is 4. The maximum Gasteiger partial charge on any atom is 0.416 e. The van der Waals surface area contributed by atoms with Crippen molar-refractivity contribution in [3.8, 4) is 11.1 Å². The Morgan fingerprint density at radius 2 is 1.29 bits per heavy atom. The highest BCUT2D eigenvalue weighted by Crippen LogP contribution is 2.33. The molecule has 6 aromatic rings. The van der Waals surface area contributed by atoms with Crippen LogP contribution in [0.25, 0.3) is 11.1 Å². The van der Waals surface area contributed by atoms with Gasteiger partial charge >= 0.3 is 6.18 Å². The van der Waals surface area contributed by atoms with Crippen molar-refractivity contribution in [2.75, 3.05) is 13.1 Å². The van der Waals surface area contributed by atoms with Crippen LogP contribution in [0.2, 0.25) is 0 Å². The molecule has 0 spiro atoms. The zero-order valence-electron chi connectivity index (χ0n) is 30.7. The normalized spacial score (nSPS) is 15.0. The summed E-state index contributed by atoms with van der Waals surface area (Å²) >= 11 is 1.45. The Morgan fingerprint density at radius 3 is 1.93 bits per heavy atom. The molecule has 6 nitrogen and oxygen atoms in total. The number of quaternary nitrogens is 1. The van der Waals surface area contributed by atoms with E-state index in [4.69, 9.17) is 4.98 Å². The molecule has 0 unspecified atom stereocenters. The van der Waals surface area contributed by atoms with Gasteiger partial charge < -0.3 is 13.6 Å². The lowest BCUT2D eigenvalue weighted by atomic mass is 10.0. The van der Waals surface area contributed by atoms with Gasteiger partial charge in [-0.05, 0) is 77.9 Å². The van der Waals surface area contributed by atoms with Crippen molar-refractivity contribution in [3.63, 3.8) is 0 Å². The summed E-state index contributed by atoms with van der Waals surface area (Å²) in [7, 11) is 0. The van der Waals surface area contributed by atoms with Gasteiger partial charge in [-0.25, -0.2) is 13.8 Å². The zero-order chi connectivity index (χ0) is 38.9. The van der Waals surface area contributed by atoms with Crippen molar-refractivity contribution in [2.45, 2.75) is 75.4 Å². The molecule has 12 heteroatoms. The lowest BCUT2D eigenvalue weighted by Crippen LogP contribution is -2.44. The lowest BCUT2D eigenvalue weighted by molar-refractivity contribution is -0.942. The van der Waals surface area contributed by atoms with E-state index >= 15 is 0 Å². The molecule has 2 aliphatic rings. The van der Waals surface area contributed by atoms with Crippen LogP contribution in [-0.2, 0) is 50.9 Å². The van der Waals surface area contributed by atoms with E-state index in [1.807, 2.05) is 42.6 Å². The number of alkyl halides is 3. The van der Waals surface area contributed by atoms with Crippen LogP contribution in [0.5, 0.6) is 0 Å². The van der Waals surface area contributed by atoms with Crippen molar-refractivity contribution >= 4 is 11.8 Å². The van der Waals surface area contributed by atoms with E-state index in [9.17, 15) is 26.7 Å². The Hall–Kier alpha value is -5.07. The fourth-order valence-corrected chi connectivity index (χ4v) is 9.13. The minimum absolute atomic E-state index is 0.200. The summed E-state index contributed by atoms with van der Waals surface area (Å²) in [6.07, 6.45) is 2.05. The van der Waals surface area contributed by atoms with Gasteiger partial charge in [0.05, 0.1) is 37.1 Å². The van der Waals surface area contributed by atoms with E-state index in [-0.39, 0.29) is 17.2 Å². The van der Waals surface area contributed by atoms with Gasteiger partial charge in [-0.2, -0.15) is 18.2 Å². The summed E-state index contributed by atoms with van der Waals surface area (Å²) in [5.74, 6) is 0.764. The smallest absolute Gasteiger partial charge is 0.321 e. The van der Waals surface area contributed by atoms with E-state index in [1.165, 1.54) is 48.2 Å². The molecule has 0 bridgehead atoms. The second-order valence-electron chi connectivity index (χ2n) is 14.9. The van der Waals surface area contributed by atoms with Gasteiger partial charge in [0.15, 0.2) is 5.16 Å². The van der Waals surface area contributed by atoms with Crippen molar-refractivity contribution in [3.05, 3.63) is 170 Å². The molecule has 0 saturated carbocycles. The second-order valence-corrected chi connectivity index (χ2v) is 15.9. The molecule has 56 heavy (non-hydrogen) atoms. The fraction of sp³-hybridized carbons (Fsp3) is 0.295. The van der Waals surface area contributed by atoms with E-state index < -0.39 is 11.7 Å². The fourth-order valence-electron chi connectivity index (χ4n) is 8.16. The summed E-state index contributed by atoms with van der Waals surface area (Å²) < 4.78 is 72.3. The SMILES string of the molecule is O=c1nc(SCc2ccc(F)cc2)n(Cc2ncc(C[N+]3(Cc4ccc(F)cc4)CCCC3)n2Cc2ccc(-c3ccc(C(F)(F)F)cc3)cc2)c2c1CCC2. The molecular weight excluding hydrogens is 742 g/mol. The number of benzene rings is 4. The number of hydrogen-bond donors (Lipinski definition) is 0. The van der Waals surface area contributed by atoms with E-state index in [0.717, 1.165) is 114 Å². The van der Waals surface area contributed by atoms with Crippen LogP contribution in [0.15, 0.2) is 113 Å². The lowest BCUT2D eigenvalue weighted by Gasteiger charge is -2.34. The number of thioether (sulfide) groups is 1. The molecule has 0 N–H and O–H groups in total. The van der Waals surface area contributed by atoms with Gasteiger partial charge in [0.25, 0.3) is 5.56 Å². The van der Waals surface area contributed by atoms with Gasteiger partial charge in [-0.15, -0.1) is 0 Å². The highest BCUT2D eigenvalue weighted by Gasteiger charge is 2.34. The molecule has 0 amide bonds. The van der Waals surface area contributed by atoms with E-state index in [1.54, 1.807) is 12.1 Å². The highest BCUT2D eigenvalue weighted by atomic mass is 32.2. The molecule has 1 fully saturated rings. The van der Waals surface area contributed by atoms with E-state index in [0.29, 0.717) is 36.0 Å². The van der Waals surface area contributed by atoms with Crippen LogP contribution in [0.1, 0.15) is 64.3 Å². The zero-order valence-corrected chi connectivity index (χ0v) is 31.6. The maximum atomic E-state index is 13.9. The first-order chi connectivity index (χ1) is 27.0. The molecule has 1 aliphatic heterocycles. The molecule has 0 atom stereocenters. The predicted octanol–water partition coefficient (Wildman–Crippen LogP) is 9.59. The molecule has 3 heterocycles. The third-order valence-corrected chi connectivity index (χ3v) is 12.1. The van der Waals surface area contributed by atoms with Crippen molar-refractivity contribution < 1.29 is 26.4 Å². The van der Waals surface area contributed by atoms with E-state index in [2.05, 4.69) is 14.1 Å². The summed E-state index contributed by atoms with van der Waals surface area (Å²) in [6, 6.07) is 26.2. The number of imidazole rings is 1. The van der Waals surface area contributed by atoms with Gasteiger partial charge in [-0.3, -0.25) is 4.79 Å². The molecule has 1 aliphatic carbocycles. The topological polar surface area (TPSA) is 52.7 Å². The Balaban J connectivity index is 1.14. The van der Waals surface area contributed by atoms with Crippen molar-refractivity contribution in [1.82, 2.24) is 19.1 Å². The molecule has 4 aromatic carbocycles. The Labute approximate surface area is 326 Å². The van der Waals surface area contributed by atoms with Crippen LogP contribution in [0.4, 0.5) is 22.0 Å². The Morgan fingerprint density at radius 1 is 0.679 bits per heavy atom. The molecule has 288 valence electrons. The summed E-state index contributed by atoms with van der Waals surface area (Å²) in [6.45, 7) is 4.36. The second kappa shape index (κ2) is 15.8. The van der Waals surface area contributed by atoms with Crippen LogP contribution in [0, 0.1) is 11.6 Å². The van der Waals surface area contributed by atoms with Gasteiger partial charge in [0, 0.05) is 42.0 Å². The van der Waals surface area contributed by atoms with Crippen molar-refractivity contribution in [1.29, 1.82) is 0 Å². The van der Waals surface area contributed by atoms with Crippen LogP contribution < -0.4 is 5.56 Å². The van der Waals surface area contributed by atoms with Gasteiger partial charge in [0.1, 0.15) is 30.5 Å². The maximum absolute atomic E-state index is 13.9. The van der Waals surface area contributed by atoms with Crippen LogP contribution >= 0.6 is 11.8 Å². The summed E-state index contributed by atoms with van der Waals surface area (Å²) in [5, 5.41) is 0.594. The quantitative estimate of drug-likeness (QED) is 0.0538. The number of rotatable bonds is 12. The standard InChI is InChI=1S/C44H41F5N5OS/c45-36-18-8-31(9-19-36)27-54(22-1-2-23-54)28-38-24-50-41(52(38)25-30-6-12-33(13-7-30)34-14-16-35(17-15-34)44(47,48)49)26-53-40-5-3-4-39(40)42(55)51-43(53)56-29-32-10-20-37(46)21-11-32/h6-21,24H,1-5,22-23,25-29H2/q+1. The summed E-state index contributed by atoms with van der Waals surface area (Å²) in [4.78, 5) is 22.8. The van der Waals surface area contributed by atoms with Gasteiger partial charge in [0.2, 0.25) is 0 Å². The Bertz CT molecular complexity index is 2370. The van der Waals surface area contributed by atoms with Gasteiger partial charge in [-0.1, -0.05) is 72.4 Å². The first kappa shape index (κ1) is 37.8. The number of fused-ring (bicyclic) bond motifs is 1. The van der Waals surface area contributed by atoms with Crippen LogP contribution in [-0.4, -0.2) is 36.7 Å². The molecular formula is C44H41F5N5OS+. The minimum Gasteiger partial charge on any atom is -0.321 e. The predicted molar refractivity (Wildman–Crippen MR) is 207 cm³/mol.